The number of aliphatic hydroxyl groups excluding tert-OH is 1. The highest BCUT2D eigenvalue weighted by Gasteiger charge is 2.30. The Labute approximate surface area is 134 Å². The number of carbonyl (C=O) groups is 2. The lowest BCUT2D eigenvalue weighted by Gasteiger charge is -2.14. The fourth-order valence-corrected chi connectivity index (χ4v) is 1.85. The molecule has 3 N–H and O–H groups in total. The number of anilines is 1. The molecular formula is C15H13F3N2O4. The van der Waals surface area contributed by atoms with E-state index in [4.69, 9.17) is 4.42 Å². The van der Waals surface area contributed by atoms with E-state index in [1.54, 1.807) is 6.07 Å². The van der Waals surface area contributed by atoms with E-state index in [-0.39, 0.29) is 11.4 Å². The average Bonchev–Trinajstić information content (AvgIpc) is 3.06. The van der Waals surface area contributed by atoms with Crippen LogP contribution in [0.4, 0.5) is 18.9 Å². The number of alkyl halides is 3. The number of hydrogen-bond acceptors (Lipinski definition) is 4. The van der Waals surface area contributed by atoms with Crippen molar-refractivity contribution in [1.29, 1.82) is 0 Å². The van der Waals surface area contributed by atoms with Crippen molar-refractivity contribution in [2.75, 3.05) is 11.9 Å². The molecule has 0 bridgehead atoms. The van der Waals surface area contributed by atoms with E-state index in [0.29, 0.717) is 0 Å². The van der Waals surface area contributed by atoms with Crippen LogP contribution in [0.15, 0.2) is 47.1 Å². The predicted molar refractivity (Wildman–Crippen MR) is 76.8 cm³/mol. The summed E-state index contributed by atoms with van der Waals surface area (Å²) in [5.74, 6) is -1.89. The number of rotatable bonds is 4. The van der Waals surface area contributed by atoms with Crippen LogP contribution in [0, 0.1) is 0 Å². The van der Waals surface area contributed by atoms with Gasteiger partial charge in [0.05, 0.1) is 18.4 Å². The Bertz CT molecular complexity index is 697. The predicted octanol–water partition coefficient (Wildman–Crippen LogP) is 2.09. The Hall–Kier alpha value is -2.81. The van der Waals surface area contributed by atoms with E-state index in [9.17, 15) is 27.9 Å². The van der Waals surface area contributed by atoms with Crippen LogP contribution in [0.25, 0.3) is 0 Å². The Morgan fingerprint density at radius 1 is 1.12 bits per heavy atom. The maximum atomic E-state index is 12.4. The van der Waals surface area contributed by atoms with E-state index in [2.05, 4.69) is 10.6 Å². The van der Waals surface area contributed by atoms with Gasteiger partial charge in [0.1, 0.15) is 11.8 Å². The number of carbonyl (C=O) groups excluding carboxylic acids is 2. The lowest BCUT2D eigenvalue weighted by molar-refractivity contribution is -0.137. The summed E-state index contributed by atoms with van der Waals surface area (Å²) < 4.78 is 42.3. The molecule has 2 amide bonds. The van der Waals surface area contributed by atoms with Gasteiger partial charge >= 0.3 is 18.0 Å². The van der Waals surface area contributed by atoms with Gasteiger partial charge < -0.3 is 20.2 Å². The van der Waals surface area contributed by atoms with E-state index < -0.39 is 36.2 Å². The first-order valence-electron chi connectivity index (χ1n) is 6.74. The topological polar surface area (TPSA) is 91.6 Å². The fourth-order valence-electron chi connectivity index (χ4n) is 1.85. The summed E-state index contributed by atoms with van der Waals surface area (Å²) in [4.78, 5) is 23.5. The van der Waals surface area contributed by atoms with Crippen LogP contribution in [0.5, 0.6) is 0 Å². The van der Waals surface area contributed by atoms with Crippen molar-refractivity contribution in [2.45, 2.75) is 12.2 Å². The molecule has 0 aliphatic carbocycles. The van der Waals surface area contributed by atoms with Crippen LogP contribution in [0.1, 0.15) is 17.4 Å². The molecule has 2 aromatic rings. The van der Waals surface area contributed by atoms with Gasteiger partial charge in [-0.2, -0.15) is 13.2 Å². The molecule has 0 fully saturated rings. The zero-order valence-electron chi connectivity index (χ0n) is 12.1. The first-order valence-corrected chi connectivity index (χ1v) is 6.74. The standard InChI is InChI=1S/C15H13F3N2O4/c16-15(17,18)9-3-5-10(6-4-9)19-13(22)14(23)20-11(8-21)12-2-1-7-24-12/h1-7,11,21H,8H2,(H,19,22)(H,20,23). The second kappa shape index (κ2) is 7.18. The minimum Gasteiger partial charge on any atom is -0.467 e. The van der Waals surface area contributed by atoms with Crippen molar-refractivity contribution < 1.29 is 32.3 Å². The molecule has 0 saturated carbocycles. The highest BCUT2D eigenvalue weighted by atomic mass is 19.4. The van der Waals surface area contributed by atoms with Crippen LogP contribution in [-0.4, -0.2) is 23.5 Å². The molecular weight excluding hydrogens is 329 g/mol. The third-order valence-corrected chi connectivity index (χ3v) is 3.05. The summed E-state index contributed by atoms with van der Waals surface area (Å²) in [6.07, 6.45) is -3.15. The van der Waals surface area contributed by atoms with Crippen molar-refractivity contribution in [3.05, 3.63) is 54.0 Å². The molecule has 0 aliphatic rings. The van der Waals surface area contributed by atoms with Gasteiger partial charge in [-0.1, -0.05) is 0 Å². The Morgan fingerprint density at radius 3 is 2.29 bits per heavy atom. The quantitative estimate of drug-likeness (QED) is 0.742. The molecule has 0 saturated heterocycles. The lowest BCUT2D eigenvalue weighted by Crippen LogP contribution is -2.38. The van der Waals surface area contributed by atoms with E-state index in [1.807, 2.05) is 0 Å². The largest absolute Gasteiger partial charge is 0.467 e. The highest BCUT2D eigenvalue weighted by molar-refractivity contribution is 6.39. The summed E-state index contributed by atoms with van der Waals surface area (Å²) in [7, 11) is 0. The number of aliphatic hydroxyl groups is 1. The molecule has 6 nitrogen and oxygen atoms in total. The van der Waals surface area contributed by atoms with Gasteiger partial charge in [0.2, 0.25) is 0 Å². The van der Waals surface area contributed by atoms with Gasteiger partial charge in [-0.15, -0.1) is 0 Å². The second-order valence-corrected chi connectivity index (χ2v) is 4.75. The third-order valence-electron chi connectivity index (χ3n) is 3.05. The number of furan rings is 1. The molecule has 1 aromatic heterocycles. The van der Waals surface area contributed by atoms with Gasteiger partial charge in [-0.25, -0.2) is 0 Å². The second-order valence-electron chi connectivity index (χ2n) is 4.75. The fraction of sp³-hybridized carbons (Fsp3) is 0.200. The van der Waals surface area contributed by atoms with Crippen molar-refractivity contribution in [3.63, 3.8) is 0 Å². The van der Waals surface area contributed by atoms with Crippen LogP contribution >= 0.6 is 0 Å². The van der Waals surface area contributed by atoms with Crippen molar-refractivity contribution >= 4 is 17.5 Å². The van der Waals surface area contributed by atoms with Gasteiger partial charge in [0.25, 0.3) is 0 Å². The van der Waals surface area contributed by atoms with E-state index >= 15 is 0 Å². The van der Waals surface area contributed by atoms with Crippen LogP contribution in [-0.2, 0) is 15.8 Å². The molecule has 1 atom stereocenters. The van der Waals surface area contributed by atoms with Gasteiger partial charge in [-0.3, -0.25) is 9.59 Å². The van der Waals surface area contributed by atoms with Gasteiger partial charge in [0, 0.05) is 5.69 Å². The molecule has 24 heavy (non-hydrogen) atoms. The van der Waals surface area contributed by atoms with E-state index in [0.717, 1.165) is 24.3 Å². The van der Waals surface area contributed by atoms with Crippen molar-refractivity contribution in [2.24, 2.45) is 0 Å². The molecule has 0 radical (unpaired) electrons. The van der Waals surface area contributed by atoms with Crippen LogP contribution in [0.3, 0.4) is 0 Å². The van der Waals surface area contributed by atoms with E-state index in [1.165, 1.54) is 12.3 Å². The summed E-state index contributed by atoms with van der Waals surface area (Å²) in [5.41, 5.74) is -0.843. The lowest BCUT2D eigenvalue weighted by atomic mass is 10.2. The first kappa shape index (κ1) is 17.5. The average molecular weight is 342 g/mol. The van der Waals surface area contributed by atoms with Gasteiger partial charge in [0.15, 0.2) is 0 Å². The zero-order valence-corrected chi connectivity index (χ0v) is 12.1. The monoisotopic (exact) mass is 342 g/mol. The maximum Gasteiger partial charge on any atom is 0.416 e. The Kier molecular flexibility index (Phi) is 5.24. The summed E-state index contributed by atoms with van der Waals surface area (Å²) in [6.45, 7) is -0.493. The zero-order chi connectivity index (χ0) is 17.7. The first-order chi connectivity index (χ1) is 11.3. The summed E-state index contributed by atoms with van der Waals surface area (Å²) in [6, 6.07) is 5.78. The highest BCUT2D eigenvalue weighted by Crippen LogP contribution is 2.29. The molecule has 128 valence electrons. The minimum atomic E-state index is -4.49. The number of hydrogen-bond donors (Lipinski definition) is 3. The maximum absolute atomic E-state index is 12.4. The van der Waals surface area contributed by atoms with Crippen molar-refractivity contribution in [3.8, 4) is 0 Å². The SMILES string of the molecule is O=C(Nc1ccc(C(F)(F)F)cc1)C(=O)NC(CO)c1ccco1. The molecule has 9 heteroatoms. The van der Waals surface area contributed by atoms with Crippen LogP contribution in [0.2, 0.25) is 0 Å². The molecule has 0 spiro atoms. The Morgan fingerprint density at radius 2 is 1.79 bits per heavy atom. The molecule has 1 unspecified atom stereocenters. The number of amides is 2. The summed E-state index contributed by atoms with van der Waals surface area (Å²) in [5, 5.41) is 13.6. The smallest absolute Gasteiger partial charge is 0.416 e. The molecule has 2 rings (SSSR count). The van der Waals surface area contributed by atoms with Crippen molar-refractivity contribution in [1.82, 2.24) is 5.32 Å². The third kappa shape index (κ3) is 4.35. The van der Waals surface area contributed by atoms with Gasteiger partial charge in [-0.05, 0) is 36.4 Å². The normalized spacial score (nSPS) is 12.5. The minimum absolute atomic E-state index is 0.0293. The number of nitrogens with one attached hydrogen (secondary N) is 2. The number of benzene rings is 1. The Balaban J connectivity index is 1.97. The van der Waals surface area contributed by atoms with Crippen LogP contribution < -0.4 is 10.6 Å². The summed E-state index contributed by atoms with van der Waals surface area (Å²) >= 11 is 0. The molecule has 0 aliphatic heterocycles. The molecule has 1 aromatic carbocycles. The number of halogens is 3. The molecule has 1 heterocycles.